The Balaban J connectivity index is 2.39. The van der Waals surface area contributed by atoms with E-state index in [1.165, 1.54) is 0 Å². The highest BCUT2D eigenvalue weighted by atomic mass is 31.2. The monoisotopic (exact) mass is 355 g/mol. The summed E-state index contributed by atoms with van der Waals surface area (Å²) in [6.07, 6.45) is 3.68. The summed E-state index contributed by atoms with van der Waals surface area (Å²) < 4.78 is 26.2. The van der Waals surface area contributed by atoms with Gasteiger partial charge in [-0.1, -0.05) is 19.8 Å². The molecule has 2 unspecified atom stereocenters. The molecule has 1 saturated heterocycles. The van der Waals surface area contributed by atoms with Gasteiger partial charge in [-0.05, 0) is 43.5 Å². The van der Waals surface area contributed by atoms with Gasteiger partial charge in [-0.15, -0.1) is 0 Å². The van der Waals surface area contributed by atoms with E-state index in [9.17, 15) is 14.5 Å². The Bertz CT molecular complexity index is 589. The van der Waals surface area contributed by atoms with Crippen molar-refractivity contribution in [3.8, 4) is 5.75 Å². The van der Waals surface area contributed by atoms with Gasteiger partial charge in [0.05, 0.1) is 19.0 Å². The van der Waals surface area contributed by atoms with Crippen LogP contribution in [0.5, 0.6) is 5.75 Å². The molecule has 1 aliphatic heterocycles. The molecule has 0 saturated carbocycles. The smallest absolute Gasteiger partial charge is 0.321 e. The third kappa shape index (κ3) is 4.18. The quantitative estimate of drug-likeness (QED) is 0.757. The average Bonchev–Trinajstić information content (AvgIpc) is 2.78. The summed E-state index contributed by atoms with van der Waals surface area (Å²) in [5, 5.41) is 10.2. The van der Waals surface area contributed by atoms with Crippen LogP contribution in [0.2, 0.25) is 0 Å². The fourth-order valence-electron chi connectivity index (χ4n) is 2.90. The summed E-state index contributed by atoms with van der Waals surface area (Å²) in [5.41, 5.74) is 0. The summed E-state index contributed by atoms with van der Waals surface area (Å²) in [6.45, 7) is 2.85. The molecule has 1 N–H and O–H groups in total. The fourth-order valence-corrected chi connectivity index (χ4v) is 5.38. The topological polar surface area (TPSA) is 76.1 Å². The van der Waals surface area contributed by atoms with E-state index >= 15 is 0 Å². The van der Waals surface area contributed by atoms with E-state index in [1.54, 1.807) is 36.0 Å². The number of nitrogens with zero attached hydrogens (tertiary/aromatic N) is 1. The minimum Gasteiger partial charge on any atom is -0.497 e. The molecule has 1 aromatic rings. The second kappa shape index (κ2) is 8.65. The highest BCUT2D eigenvalue weighted by molar-refractivity contribution is 7.64. The zero-order chi connectivity index (χ0) is 17.6. The second-order valence-electron chi connectivity index (χ2n) is 5.92. The number of ether oxygens (including phenoxy) is 1. The molecule has 1 aliphatic rings. The maximum Gasteiger partial charge on any atom is 0.321 e. The van der Waals surface area contributed by atoms with Crippen LogP contribution in [0.25, 0.3) is 0 Å². The van der Waals surface area contributed by atoms with E-state index in [1.807, 2.05) is 6.92 Å². The van der Waals surface area contributed by atoms with Crippen LogP contribution < -0.4 is 10.0 Å². The molecule has 2 atom stereocenters. The molecule has 0 radical (unpaired) electrons. The molecule has 1 fully saturated rings. The minimum atomic E-state index is -3.40. The summed E-state index contributed by atoms with van der Waals surface area (Å²) >= 11 is 0. The van der Waals surface area contributed by atoms with Crippen molar-refractivity contribution in [2.45, 2.75) is 45.1 Å². The molecule has 0 spiro atoms. The van der Waals surface area contributed by atoms with Gasteiger partial charge in [0, 0.05) is 6.54 Å². The van der Waals surface area contributed by atoms with Crippen LogP contribution in [0.1, 0.15) is 39.0 Å². The van der Waals surface area contributed by atoms with Crippen LogP contribution in [0, 0.1) is 0 Å². The fraction of sp³-hybridized carbons (Fsp3) is 0.588. The zero-order valence-electron chi connectivity index (χ0n) is 14.3. The van der Waals surface area contributed by atoms with Crippen molar-refractivity contribution in [3.63, 3.8) is 0 Å². The third-order valence-corrected chi connectivity index (χ3v) is 6.90. The van der Waals surface area contributed by atoms with Gasteiger partial charge in [0.15, 0.2) is 0 Å². The summed E-state index contributed by atoms with van der Waals surface area (Å²) in [4.78, 5) is 11.8. The molecular formula is C17H26NO5P. The van der Waals surface area contributed by atoms with Gasteiger partial charge in [-0.2, -0.15) is 0 Å². The number of methoxy groups -OCH3 is 1. The first-order chi connectivity index (χ1) is 11.5. The lowest BCUT2D eigenvalue weighted by Gasteiger charge is -2.33. The average molecular weight is 355 g/mol. The molecule has 0 bridgehead atoms. The van der Waals surface area contributed by atoms with E-state index in [4.69, 9.17) is 9.26 Å². The van der Waals surface area contributed by atoms with Gasteiger partial charge in [-0.3, -0.25) is 9.36 Å². The van der Waals surface area contributed by atoms with Crippen molar-refractivity contribution >= 4 is 18.8 Å². The van der Waals surface area contributed by atoms with E-state index in [-0.39, 0.29) is 0 Å². The maximum atomic E-state index is 13.7. The molecule has 0 aliphatic carbocycles. The Morgan fingerprint density at radius 1 is 1.38 bits per heavy atom. The predicted octanol–water partition coefficient (Wildman–Crippen LogP) is 3.27. The van der Waals surface area contributed by atoms with Crippen LogP contribution in [0.4, 0.5) is 0 Å². The van der Waals surface area contributed by atoms with Gasteiger partial charge in [0.1, 0.15) is 11.8 Å². The van der Waals surface area contributed by atoms with Crippen LogP contribution in [-0.2, 0) is 13.9 Å². The van der Waals surface area contributed by atoms with Crippen molar-refractivity contribution in [2.75, 3.05) is 20.3 Å². The third-order valence-electron chi connectivity index (χ3n) is 4.26. The molecule has 134 valence electrons. The van der Waals surface area contributed by atoms with E-state index in [2.05, 4.69) is 0 Å². The maximum absolute atomic E-state index is 13.7. The zero-order valence-corrected chi connectivity index (χ0v) is 15.2. The number of hydrogen-bond donors (Lipinski definition) is 1. The van der Waals surface area contributed by atoms with E-state index < -0.39 is 19.5 Å². The van der Waals surface area contributed by atoms with Gasteiger partial charge in [0.25, 0.3) is 0 Å². The molecule has 0 amide bonds. The second-order valence-corrected chi connectivity index (χ2v) is 8.25. The number of hydrogen-bond acceptors (Lipinski definition) is 4. The Labute approximate surface area is 143 Å². The summed E-state index contributed by atoms with van der Waals surface area (Å²) in [5.74, 6) is -0.282. The lowest BCUT2D eigenvalue weighted by molar-refractivity contribution is -0.141. The molecule has 6 nitrogen and oxygen atoms in total. The lowest BCUT2D eigenvalue weighted by Crippen LogP contribution is -2.41. The highest BCUT2D eigenvalue weighted by Crippen LogP contribution is 2.53. The molecule has 24 heavy (non-hydrogen) atoms. The number of carboxylic acid groups (broad SMARTS) is 1. The number of carbonyl (C=O) groups is 1. The Morgan fingerprint density at radius 2 is 2.08 bits per heavy atom. The number of carboxylic acids is 1. The van der Waals surface area contributed by atoms with Crippen molar-refractivity contribution in [3.05, 3.63) is 24.3 Å². The summed E-state index contributed by atoms with van der Waals surface area (Å²) in [6, 6.07) is 6.07. The Morgan fingerprint density at radius 3 is 2.67 bits per heavy atom. The van der Waals surface area contributed by atoms with Gasteiger partial charge in [-0.25, -0.2) is 4.67 Å². The van der Waals surface area contributed by atoms with Gasteiger partial charge >= 0.3 is 13.5 Å². The van der Waals surface area contributed by atoms with Crippen LogP contribution in [0.15, 0.2) is 24.3 Å². The predicted molar refractivity (Wildman–Crippen MR) is 93.1 cm³/mol. The van der Waals surface area contributed by atoms with Crippen molar-refractivity contribution in [1.82, 2.24) is 4.67 Å². The van der Waals surface area contributed by atoms with Crippen molar-refractivity contribution in [1.29, 1.82) is 0 Å². The van der Waals surface area contributed by atoms with Crippen molar-refractivity contribution < 1.29 is 23.7 Å². The largest absolute Gasteiger partial charge is 0.497 e. The van der Waals surface area contributed by atoms with Crippen LogP contribution in [-0.4, -0.2) is 42.0 Å². The standard InChI is InChI=1S/C17H26NO5P/c1-3-4-7-16(17(19)20)18-12-5-6-13-23-24(18,21)15-10-8-14(22-2)9-11-15/h8-11,16H,3-7,12-13H2,1-2H3,(H,19,20). The number of aliphatic carboxylic acids is 1. The minimum absolute atomic E-state index is 0.375. The van der Waals surface area contributed by atoms with E-state index in [0.717, 1.165) is 25.7 Å². The van der Waals surface area contributed by atoms with Crippen LogP contribution >= 0.6 is 7.52 Å². The molecule has 7 heteroatoms. The molecule has 2 rings (SSSR count). The Kier molecular flexibility index (Phi) is 6.84. The normalized spacial score (nSPS) is 23.4. The summed E-state index contributed by atoms with van der Waals surface area (Å²) in [7, 11) is -1.84. The highest BCUT2D eigenvalue weighted by Gasteiger charge is 2.42. The number of unbranched alkanes of at least 4 members (excludes halogenated alkanes) is 1. The molecule has 1 heterocycles. The van der Waals surface area contributed by atoms with Gasteiger partial charge in [0.2, 0.25) is 0 Å². The number of benzene rings is 1. The van der Waals surface area contributed by atoms with Gasteiger partial charge < -0.3 is 14.4 Å². The first-order valence-electron chi connectivity index (χ1n) is 8.42. The first kappa shape index (κ1) is 19.0. The molecular weight excluding hydrogens is 329 g/mol. The van der Waals surface area contributed by atoms with Crippen molar-refractivity contribution in [2.24, 2.45) is 0 Å². The SMILES string of the molecule is CCCCC(C(=O)O)N1CCCCOP1(=O)c1ccc(OC)cc1. The molecule has 1 aromatic carbocycles. The number of rotatable bonds is 7. The van der Waals surface area contributed by atoms with Crippen LogP contribution in [0.3, 0.4) is 0 Å². The Hall–Kier alpha value is -1.36. The lowest BCUT2D eigenvalue weighted by atomic mass is 10.1. The first-order valence-corrected chi connectivity index (χ1v) is 9.99. The molecule has 0 aromatic heterocycles. The van der Waals surface area contributed by atoms with E-state index in [0.29, 0.717) is 30.6 Å².